The number of nitrogens with zero attached hydrogens (tertiary/aromatic N) is 2. The van der Waals surface area contributed by atoms with Gasteiger partial charge in [-0.15, -0.1) is 0 Å². The summed E-state index contributed by atoms with van der Waals surface area (Å²) in [6.07, 6.45) is 1.21. The first-order chi connectivity index (χ1) is 12.2. The molecule has 2 N–H and O–H groups in total. The molecule has 0 atom stereocenters. The second-order valence-electron chi connectivity index (χ2n) is 5.39. The van der Waals surface area contributed by atoms with Crippen molar-refractivity contribution < 1.29 is 24.2 Å². The molecule has 0 saturated carbocycles. The summed E-state index contributed by atoms with van der Waals surface area (Å²) in [6, 6.07) is 2.63. The molecule has 10 heteroatoms. The van der Waals surface area contributed by atoms with Crippen molar-refractivity contribution in [1.82, 2.24) is 9.97 Å². The molecular formula is C16H15Cl2N3O5. The molecule has 138 valence electrons. The Kier molecular flexibility index (Phi) is 6.23. The van der Waals surface area contributed by atoms with Crippen molar-refractivity contribution in [2.24, 2.45) is 0 Å². The number of aromatic nitrogens is 2. The molecule has 0 bridgehead atoms. The lowest BCUT2D eigenvalue weighted by molar-refractivity contribution is -0.150. The number of esters is 1. The Hall–Kier alpha value is -2.58. The zero-order chi connectivity index (χ0) is 19.4. The number of hydrogen-bond donors (Lipinski definition) is 2. The van der Waals surface area contributed by atoms with Gasteiger partial charge >= 0.3 is 17.9 Å². The number of ether oxygens (including phenoxy) is 2. The average molecular weight is 400 g/mol. The van der Waals surface area contributed by atoms with Gasteiger partial charge in [0.15, 0.2) is 11.5 Å². The van der Waals surface area contributed by atoms with Crippen LogP contribution in [0.25, 0.3) is 0 Å². The molecule has 0 aliphatic rings. The van der Waals surface area contributed by atoms with Crippen LogP contribution >= 0.6 is 23.2 Å². The fourth-order valence-corrected chi connectivity index (χ4v) is 2.51. The molecule has 0 unspecified atom stereocenters. The summed E-state index contributed by atoms with van der Waals surface area (Å²) in [4.78, 5) is 30.7. The number of benzene rings is 1. The Morgan fingerprint density at radius 3 is 2.38 bits per heavy atom. The van der Waals surface area contributed by atoms with E-state index in [0.717, 1.165) is 7.11 Å². The number of nitrogens with one attached hydrogen (secondary N) is 1. The minimum absolute atomic E-state index is 0.0505. The van der Waals surface area contributed by atoms with Crippen LogP contribution in [0.3, 0.4) is 0 Å². The van der Waals surface area contributed by atoms with Crippen LogP contribution in [-0.2, 0) is 14.3 Å². The number of hydrogen-bond acceptors (Lipinski definition) is 7. The smallest absolute Gasteiger partial charge is 0.396 e. The maximum Gasteiger partial charge on any atom is 0.396 e. The van der Waals surface area contributed by atoms with Crippen LogP contribution in [0.1, 0.15) is 25.5 Å². The molecule has 2 aromatic rings. The van der Waals surface area contributed by atoms with Crippen molar-refractivity contribution in [2.75, 3.05) is 12.4 Å². The van der Waals surface area contributed by atoms with Crippen LogP contribution in [0, 0.1) is 0 Å². The maximum atomic E-state index is 11.5. The zero-order valence-electron chi connectivity index (χ0n) is 14.0. The summed E-state index contributed by atoms with van der Waals surface area (Å²) in [5, 5.41) is 12.2. The average Bonchev–Trinajstić information content (AvgIpc) is 2.58. The number of carbonyl (C=O) groups is 2. The first-order valence-electron chi connectivity index (χ1n) is 7.35. The van der Waals surface area contributed by atoms with Gasteiger partial charge in [0, 0.05) is 5.69 Å². The van der Waals surface area contributed by atoms with Crippen molar-refractivity contribution >= 4 is 40.8 Å². The number of methoxy groups -OCH3 is 1. The van der Waals surface area contributed by atoms with Gasteiger partial charge in [-0.1, -0.05) is 37.0 Å². The highest BCUT2D eigenvalue weighted by Gasteiger charge is 2.18. The molecule has 0 aliphatic heterocycles. The summed E-state index contributed by atoms with van der Waals surface area (Å²) in [5.41, 5.74) is 0.585. The van der Waals surface area contributed by atoms with Gasteiger partial charge < -0.3 is 19.9 Å². The zero-order valence-corrected chi connectivity index (χ0v) is 15.6. The summed E-state index contributed by atoms with van der Waals surface area (Å²) >= 11 is 12.3. The first-order valence-corrected chi connectivity index (χ1v) is 8.10. The van der Waals surface area contributed by atoms with Gasteiger partial charge in [-0.25, -0.2) is 4.79 Å². The normalized spacial score (nSPS) is 10.5. The summed E-state index contributed by atoms with van der Waals surface area (Å²) in [6.45, 7) is 3.70. The van der Waals surface area contributed by atoms with Crippen molar-refractivity contribution in [3.8, 4) is 17.5 Å². The van der Waals surface area contributed by atoms with E-state index in [4.69, 9.17) is 27.9 Å². The third kappa shape index (κ3) is 4.53. The summed E-state index contributed by atoms with van der Waals surface area (Å²) in [7, 11) is 1.09. The monoisotopic (exact) mass is 399 g/mol. The molecule has 0 radical (unpaired) electrons. The van der Waals surface area contributed by atoms with Gasteiger partial charge in [-0.2, -0.15) is 9.97 Å². The van der Waals surface area contributed by atoms with Crippen molar-refractivity contribution in [3.05, 3.63) is 34.1 Å². The van der Waals surface area contributed by atoms with E-state index in [9.17, 15) is 14.7 Å². The van der Waals surface area contributed by atoms with Crippen LogP contribution in [0.15, 0.2) is 18.3 Å². The van der Waals surface area contributed by atoms with Gasteiger partial charge in [-0.05, 0) is 18.1 Å². The highest BCUT2D eigenvalue weighted by Crippen LogP contribution is 2.38. The largest absolute Gasteiger partial charge is 0.504 e. The number of halogens is 2. The molecule has 1 aromatic carbocycles. The summed E-state index contributed by atoms with van der Waals surface area (Å²) < 4.78 is 9.82. The van der Waals surface area contributed by atoms with Gasteiger partial charge in [0.25, 0.3) is 0 Å². The molecule has 0 saturated heterocycles. The van der Waals surface area contributed by atoms with E-state index in [-0.39, 0.29) is 39.2 Å². The molecule has 1 amide bonds. The minimum Gasteiger partial charge on any atom is -0.504 e. The topological polar surface area (TPSA) is 111 Å². The van der Waals surface area contributed by atoms with E-state index in [2.05, 4.69) is 20.0 Å². The van der Waals surface area contributed by atoms with E-state index in [1.807, 2.05) is 13.8 Å². The lowest BCUT2D eigenvalue weighted by Gasteiger charge is -2.12. The molecule has 1 aromatic heterocycles. The highest BCUT2D eigenvalue weighted by atomic mass is 35.5. The Balaban J connectivity index is 2.27. The van der Waals surface area contributed by atoms with Crippen LogP contribution in [-0.4, -0.2) is 34.1 Å². The van der Waals surface area contributed by atoms with Crippen molar-refractivity contribution in [2.45, 2.75) is 19.8 Å². The molecule has 26 heavy (non-hydrogen) atoms. The fourth-order valence-electron chi connectivity index (χ4n) is 1.94. The molecule has 2 rings (SSSR count). The predicted octanol–water partition coefficient (Wildman–Crippen LogP) is 3.52. The molecule has 1 heterocycles. The van der Waals surface area contributed by atoms with E-state index >= 15 is 0 Å². The Morgan fingerprint density at radius 1 is 1.23 bits per heavy atom. The van der Waals surface area contributed by atoms with Crippen LogP contribution in [0.4, 0.5) is 5.69 Å². The molecule has 0 fully saturated rings. The van der Waals surface area contributed by atoms with E-state index in [0.29, 0.717) is 5.69 Å². The van der Waals surface area contributed by atoms with Crippen LogP contribution < -0.4 is 10.1 Å². The van der Waals surface area contributed by atoms with Gasteiger partial charge in [0.2, 0.25) is 0 Å². The Morgan fingerprint density at radius 2 is 1.85 bits per heavy atom. The second kappa shape index (κ2) is 8.20. The number of carbonyl (C=O) groups excluding carboxylic acids is 2. The minimum atomic E-state index is -1.06. The van der Waals surface area contributed by atoms with E-state index in [1.165, 1.54) is 18.3 Å². The van der Waals surface area contributed by atoms with E-state index < -0.39 is 11.9 Å². The Bertz CT molecular complexity index is 835. The maximum absolute atomic E-state index is 11.5. The first kappa shape index (κ1) is 19.7. The summed E-state index contributed by atoms with van der Waals surface area (Å²) in [5.74, 6) is -2.08. The predicted molar refractivity (Wildman–Crippen MR) is 95.0 cm³/mol. The second-order valence-corrected chi connectivity index (χ2v) is 6.21. The standard InChI is InChI=1S/C16H15Cl2N3O5/c1-7(2)12-11(22)6-19-16(21-12)26-13-9(17)4-8(5-10(13)18)20-14(23)15(24)25-3/h4-7,22H,1-3H3,(H,20,23). The van der Waals surface area contributed by atoms with Crippen molar-refractivity contribution in [3.63, 3.8) is 0 Å². The van der Waals surface area contributed by atoms with Crippen LogP contribution in [0.5, 0.6) is 17.5 Å². The van der Waals surface area contributed by atoms with E-state index in [1.54, 1.807) is 0 Å². The third-order valence-corrected chi connectivity index (χ3v) is 3.70. The molecule has 8 nitrogen and oxygen atoms in total. The third-order valence-electron chi connectivity index (χ3n) is 3.14. The lowest BCUT2D eigenvalue weighted by atomic mass is 10.1. The van der Waals surface area contributed by atoms with Gasteiger partial charge in [-0.3, -0.25) is 4.79 Å². The lowest BCUT2D eigenvalue weighted by Crippen LogP contribution is -2.23. The fraction of sp³-hybridized carbons (Fsp3) is 0.250. The quantitative estimate of drug-likeness (QED) is 0.597. The Labute approximate surface area is 159 Å². The molecular weight excluding hydrogens is 385 g/mol. The number of amides is 1. The number of aromatic hydroxyl groups is 1. The molecule has 0 aliphatic carbocycles. The van der Waals surface area contributed by atoms with Gasteiger partial charge in [0.1, 0.15) is 0 Å². The van der Waals surface area contributed by atoms with Crippen molar-refractivity contribution in [1.29, 1.82) is 0 Å². The number of rotatable bonds is 4. The number of anilines is 1. The molecule has 0 spiro atoms. The van der Waals surface area contributed by atoms with Gasteiger partial charge in [0.05, 0.1) is 29.0 Å². The van der Waals surface area contributed by atoms with Crippen LogP contribution in [0.2, 0.25) is 10.0 Å². The highest BCUT2D eigenvalue weighted by molar-refractivity contribution is 6.39. The SMILES string of the molecule is COC(=O)C(=O)Nc1cc(Cl)c(Oc2ncc(O)c(C(C)C)n2)c(Cl)c1.